The Balaban J connectivity index is 1.16. The van der Waals surface area contributed by atoms with Crippen molar-refractivity contribution >= 4 is 0 Å². The van der Waals surface area contributed by atoms with Crippen LogP contribution in [0.2, 0.25) is 0 Å². The van der Waals surface area contributed by atoms with E-state index in [0.717, 1.165) is 12.0 Å². The summed E-state index contributed by atoms with van der Waals surface area (Å²) in [6.45, 7) is 6.31. The van der Waals surface area contributed by atoms with Gasteiger partial charge >= 0.3 is 0 Å². The number of hydrogen-bond acceptors (Lipinski definition) is 2. The monoisotopic (exact) mass is 362 g/mol. The van der Waals surface area contributed by atoms with Gasteiger partial charge in [-0.05, 0) is 62.1 Å². The molecule has 0 aromatic heterocycles. The van der Waals surface area contributed by atoms with E-state index in [1.165, 1.54) is 76.8 Å². The van der Waals surface area contributed by atoms with Crippen LogP contribution in [0.25, 0.3) is 0 Å². The number of hydrogen-bond donors (Lipinski definition) is 0. The maximum atomic E-state index is 2.79. The SMILES string of the molecule is c1ccc(CCCN2CCN(C3CCC(c4ccccc4)CC3)CC2)cc1. The molecule has 4 rings (SSSR count). The molecule has 0 bridgehead atoms. The minimum Gasteiger partial charge on any atom is -0.301 e. The summed E-state index contributed by atoms with van der Waals surface area (Å²) in [4.78, 5) is 5.46. The normalized spacial score (nSPS) is 24.7. The van der Waals surface area contributed by atoms with Crippen molar-refractivity contribution in [3.63, 3.8) is 0 Å². The van der Waals surface area contributed by atoms with Crippen LogP contribution in [-0.4, -0.2) is 48.6 Å². The smallest absolute Gasteiger partial charge is 0.0113 e. The summed E-state index contributed by atoms with van der Waals surface area (Å²) < 4.78 is 0. The van der Waals surface area contributed by atoms with Crippen molar-refractivity contribution in [2.45, 2.75) is 50.5 Å². The topological polar surface area (TPSA) is 6.48 Å². The predicted octanol–water partition coefficient (Wildman–Crippen LogP) is 4.96. The Labute approximate surface area is 165 Å². The molecule has 0 atom stereocenters. The van der Waals surface area contributed by atoms with E-state index in [9.17, 15) is 0 Å². The summed E-state index contributed by atoms with van der Waals surface area (Å²) in [5, 5.41) is 0. The van der Waals surface area contributed by atoms with E-state index in [1.54, 1.807) is 5.56 Å². The molecule has 2 aromatic carbocycles. The van der Waals surface area contributed by atoms with Gasteiger partial charge in [0.05, 0.1) is 0 Å². The zero-order chi connectivity index (χ0) is 18.3. The molecule has 0 spiro atoms. The lowest BCUT2D eigenvalue weighted by Gasteiger charge is -2.42. The average molecular weight is 363 g/mol. The number of rotatable bonds is 6. The summed E-state index contributed by atoms with van der Waals surface area (Å²) >= 11 is 0. The highest BCUT2D eigenvalue weighted by molar-refractivity contribution is 5.20. The van der Waals surface area contributed by atoms with Crippen LogP contribution in [0, 0.1) is 0 Å². The number of aryl methyl sites for hydroxylation is 1. The summed E-state index contributed by atoms with van der Waals surface area (Å²) in [5.41, 5.74) is 3.03. The van der Waals surface area contributed by atoms with Crippen LogP contribution < -0.4 is 0 Å². The highest BCUT2D eigenvalue weighted by Gasteiger charge is 2.28. The van der Waals surface area contributed by atoms with Gasteiger partial charge in [-0.3, -0.25) is 4.90 Å². The third-order valence-electron chi connectivity index (χ3n) is 6.67. The molecule has 1 saturated heterocycles. The summed E-state index contributed by atoms with van der Waals surface area (Å²) in [6, 6.07) is 22.9. The third-order valence-corrected chi connectivity index (χ3v) is 6.67. The molecule has 144 valence electrons. The van der Waals surface area contributed by atoms with Gasteiger partial charge in [0.25, 0.3) is 0 Å². The molecule has 27 heavy (non-hydrogen) atoms. The number of nitrogens with zero attached hydrogens (tertiary/aromatic N) is 2. The van der Waals surface area contributed by atoms with E-state index in [0.29, 0.717) is 0 Å². The molecule has 2 aliphatic rings. The van der Waals surface area contributed by atoms with Gasteiger partial charge in [-0.2, -0.15) is 0 Å². The van der Waals surface area contributed by atoms with E-state index < -0.39 is 0 Å². The standard InChI is InChI=1S/C25H34N2/c1-3-8-22(9-4-1)10-7-17-26-18-20-27(21-19-26)25-15-13-24(14-16-25)23-11-5-2-6-12-23/h1-6,8-9,11-12,24-25H,7,10,13-21H2. The Morgan fingerprint density at radius 1 is 0.704 bits per heavy atom. The lowest BCUT2D eigenvalue weighted by molar-refractivity contribution is 0.0756. The van der Waals surface area contributed by atoms with Gasteiger partial charge in [0.15, 0.2) is 0 Å². The second kappa shape index (κ2) is 9.52. The molecule has 0 unspecified atom stereocenters. The second-order valence-corrected chi connectivity index (χ2v) is 8.38. The van der Waals surface area contributed by atoms with Crippen LogP contribution in [0.1, 0.15) is 49.1 Å². The van der Waals surface area contributed by atoms with Gasteiger partial charge in [0.2, 0.25) is 0 Å². The zero-order valence-corrected chi connectivity index (χ0v) is 16.6. The molecular weight excluding hydrogens is 328 g/mol. The number of benzene rings is 2. The molecule has 2 heteroatoms. The van der Waals surface area contributed by atoms with Crippen molar-refractivity contribution in [3.8, 4) is 0 Å². The van der Waals surface area contributed by atoms with Gasteiger partial charge in [-0.15, -0.1) is 0 Å². The molecule has 2 fully saturated rings. The first-order valence-electron chi connectivity index (χ1n) is 10.9. The highest BCUT2D eigenvalue weighted by Crippen LogP contribution is 2.34. The highest BCUT2D eigenvalue weighted by atomic mass is 15.3. The fraction of sp³-hybridized carbons (Fsp3) is 0.520. The van der Waals surface area contributed by atoms with Crippen molar-refractivity contribution in [1.29, 1.82) is 0 Å². The Kier molecular flexibility index (Phi) is 6.60. The first-order chi connectivity index (χ1) is 13.4. The Morgan fingerprint density at radius 3 is 2.00 bits per heavy atom. The van der Waals surface area contributed by atoms with Gasteiger partial charge in [0, 0.05) is 32.2 Å². The minimum absolute atomic E-state index is 0.793. The average Bonchev–Trinajstić information content (AvgIpc) is 2.76. The first kappa shape index (κ1) is 18.7. The van der Waals surface area contributed by atoms with Crippen LogP contribution in [0.3, 0.4) is 0 Å². The minimum atomic E-state index is 0.793. The van der Waals surface area contributed by atoms with Crippen LogP contribution in [0.5, 0.6) is 0 Å². The van der Waals surface area contributed by atoms with Gasteiger partial charge < -0.3 is 4.90 Å². The van der Waals surface area contributed by atoms with E-state index >= 15 is 0 Å². The molecular formula is C25H34N2. The summed E-state index contributed by atoms with van der Waals surface area (Å²) in [6.07, 6.45) is 8.00. The third kappa shape index (κ3) is 5.21. The molecule has 2 aromatic rings. The molecule has 0 N–H and O–H groups in total. The molecule has 1 aliphatic heterocycles. The van der Waals surface area contributed by atoms with E-state index in [-0.39, 0.29) is 0 Å². The summed E-state index contributed by atoms with van der Waals surface area (Å²) in [7, 11) is 0. The van der Waals surface area contributed by atoms with Crippen molar-refractivity contribution in [3.05, 3.63) is 71.8 Å². The molecule has 0 amide bonds. The molecule has 0 radical (unpaired) electrons. The van der Waals surface area contributed by atoms with E-state index in [4.69, 9.17) is 0 Å². The quantitative estimate of drug-likeness (QED) is 0.716. The molecule has 2 nitrogen and oxygen atoms in total. The van der Waals surface area contributed by atoms with Gasteiger partial charge in [0.1, 0.15) is 0 Å². The number of piperazine rings is 1. The molecule has 1 heterocycles. The van der Waals surface area contributed by atoms with Crippen LogP contribution in [-0.2, 0) is 6.42 Å². The maximum Gasteiger partial charge on any atom is 0.0113 e. The van der Waals surface area contributed by atoms with E-state index in [1.807, 2.05) is 0 Å². The van der Waals surface area contributed by atoms with E-state index in [2.05, 4.69) is 70.5 Å². The fourth-order valence-corrected chi connectivity index (χ4v) is 5.00. The second-order valence-electron chi connectivity index (χ2n) is 8.38. The maximum absolute atomic E-state index is 2.79. The van der Waals surface area contributed by atoms with Crippen molar-refractivity contribution in [1.82, 2.24) is 9.80 Å². The van der Waals surface area contributed by atoms with Crippen LogP contribution >= 0.6 is 0 Å². The van der Waals surface area contributed by atoms with Gasteiger partial charge in [-0.25, -0.2) is 0 Å². The largest absolute Gasteiger partial charge is 0.301 e. The Morgan fingerprint density at radius 2 is 1.33 bits per heavy atom. The molecule has 1 saturated carbocycles. The lowest BCUT2D eigenvalue weighted by Crippen LogP contribution is -2.51. The van der Waals surface area contributed by atoms with Crippen molar-refractivity contribution in [2.75, 3.05) is 32.7 Å². The zero-order valence-electron chi connectivity index (χ0n) is 16.6. The van der Waals surface area contributed by atoms with Crippen molar-refractivity contribution in [2.24, 2.45) is 0 Å². The van der Waals surface area contributed by atoms with Crippen molar-refractivity contribution < 1.29 is 0 Å². The Hall–Kier alpha value is -1.64. The Bertz CT molecular complexity index is 653. The lowest BCUT2D eigenvalue weighted by atomic mass is 9.81. The van der Waals surface area contributed by atoms with Crippen LogP contribution in [0.15, 0.2) is 60.7 Å². The summed E-state index contributed by atoms with van der Waals surface area (Å²) in [5.74, 6) is 0.793. The van der Waals surface area contributed by atoms with Crippen LogP contribution in [0.4, 0.5) is 0 Å². The van der Waals surface area contributed by atoms with Gasteiger partial charge in [-0.1, -0.05) is 60.7 Å². The fourth-order valence-electron chi connectivity index (χ4n) is 5.00. The molecule has 1 aliphatic carbocycles. The predicted molar refractivity (Wildman–Crippen MR) is 114 cm³/mol. The first-order valence-corrected chi connectivity index (χ1v) is 10.9.